The third kappa shape index (κ3) is 3.30. The molecule has 0 aromatic heterocycles. The van der Waals surface area contributed by atoms with Crippen LogP contribution in [-0.2, 0) is 4.79 Å². The lowest BCUT2D eigenvalue weighted by Gasteiger charge is -2.16. The van der Waals surface area contributed by atoms with Crippen molar-refractivity contribution < 1.29 is 4.79 Å². The summed E-state index contributed by atoms with van der Waals surface area (Å²) in [5, 5.41) is 1.05. The molecule has 0 fully saturated rings. The molecule has 0 saturated heterocycles. The predicted molar refractivity (Wildman–Crippen MR) is 62.6 cm³/mol. The summed E-state index contributed by atoms with van der Waals surface area (Å²) in [6.45, 7) is 0. The van der Waals surface area contributed by atoms with Crippen LogP contribution in [0.15, 0.2) is 28.7 Å². The second kappa shape index (κ2) is 5.25. The Hall–Kier alpha value is -0.910. The SMILES string of the molecule is CN(N)C(=O)CC(N)c1ccccc1Br. The maximum atomic E-state index is 11.3. The first-order valence-corrected chi connectivity index (χ1v) is 5.33. The van der Waals surface area contributed by atoms with Crippen molar-refractivity contribution in [3.05, 3.63) is 34.3 Å². The minimum atomic E-state index is -0.334. The topological polar surface area (TPSA) is 72.3 Å². The Morgan fingerprint density at radius 1 is 1.53 bits per heavy atom. The number of hydrogen-bond donors (Lipinski definition) is 2. The molecule has 0 spiro atoms. The van der Waals surface area contributed by atoms with Crippen LogP contribution >= 0.6 is 15.9 Å². The number of nitrogens with two attached hydrogens (primary N) is 2. The number of halogens is 1. The number of hydrazine groups is 1. The lowest BCUT2D eigenvalue weighted by atomic mass is 10.0. The summed E-state index contributed by atoms with van der Waals surface area (Å²) >= 11 is 3.39. The molecular formula is C10H14BrN3O. The molecule has 1 aromatic rings. The Bertz CT molecular complexity index is 354. The molecule has 82 valence electrons. The number of carbonyl (C=O) groups excluding carboxylic acids is 1. The van der Waals surface area contributed by atoms with E-state index in [1.807, 2.05) is 24.3 Å². The maximum Gasteiger partial charge on any atom is 0.238 e. The molecule has 0 aliphatic heterocycles. The minimum absolute atomic E-state index is 0.182. The molecule has 4 N–H and O–H groups in total. The van der Waals surface area contributed by atoms with E-state index in [1.54, 1.807) is 0 Å². The highest BCUT2D eigenvalue weighted by Gasteiger charge is 2.15. The van der Waals surface area contributed by atoms with E-state index >= 15 is 0 Å². The molecular weight excluding hydrogens is 258 g/mol. The summed E-state index contributed by atoms with van der Waals surface area (Å²) in [6, 6.07) is 7.23. The molecule has 0 saturated carbocycles. The van der Waals surface area contributed by atoms with Gasteiger partial charge in [-0.3, -0.25) is 9.80 Å². The van der Waals surface area contributed by atoms with Gasteiger partial charge in [0.05, 0.1) is 0 Å². The quantitative estimate of drug-likeness (QED) is 0.493. The van der Waals surface area contributed by atoms with Gasteiger partial charge < -0.3 is 5.73 Å². The van der Waals surface area contributed by atoms with E-state index in [9.17, 15) is 4.79 Å². The highest BCUT2D eigenvalue weighted by atomic mass is 79.9. The fourth-order valence-corrected chi connectivity index (χ4v) is 1.80. The zero-order valence-corrected chi connectivity index (χ0v) is 10.1. The van der Waals surface area contributed by atoms with Gasteiger partial charge >= 0.3 is 0 Å². The Balaban J connectivity index is 2.73. The second-order valence-corrected chi connectivity index (χ2v) is 4.19. The van der Waals surface area contributed by atoms with Gasteiger partial charge in [-0.25, -0.2) is 5.84 Å². The van der Waals surface area contributed by atoms with Crippen molar-refractivity contribution in [3.8, 4) is 0 Å². The molecule has 4 nitrogen and oxygen atoms in total. The third-order valence-electron chi connectivity index (χ3n) is 2.09. The van der Waals surface area contributed by atoms with E-state index in [0.29, 0.717) is 0 Å². The van der Waals surface area contributed by atoms with Gasteiger partial charge in [0, 0.05) is 24.0 Å². The van der Waals surface area contributed by atoms with Gasteiger partial charge in [0.25, 0.3) is 0 Å². The molecule has 0 aliphatic rings. The van der Waals surface area contributed by atoms with Crippen LogP contribution in [0.1, 0.15) is 18.0 Å². The van der Waals surface area contributed by atoms with E-state index in [-0.39, 0.29) is 18.4 Å². The third-order valence-corrected chi connectivity index (χ3v) is 2.81. The summed E-state index contributed by atoms with van der Waals surface area (Å²) in [5.74, 6) is 5.13. The van der Waals surface area contributed by atoms with Crippen molar-refractivity contribution in [2.75, 3.05) is 7.05 Å². The molecule has 1 aromatic carbocycles. The number of nitrogens with zero attached hydrogens (tertiary/aromatic N) is 1. The van der Waals surface area contributed by atoms with Crippen LogP contribution in [0, 0.1) is 0 Å². The molecule has 1 rings (SSSR count). The Morgan fingerprint density at radius 2 is 2.13 bits per heavy atom. The zero-order chi connectivity index (χ0) is 11.4. The fraction of sp³-hybridized carbons (Fsp3) is 0.300. The van der Waals surface area contributed by atoms with Crippen LogP contribution in [0.3, 0.4) is 0 Å². The molecule has 0 radical (unpaired) electrons. The van der Waals surface area contributed by atoms with Crippen molar-refractivity contribution in [1.29, 1.82) is 0 Å². The molecule has 1 atom stereocenters. The first kappa shape index (κ1) is 12.2. The average Bonchev–Trinajstić information content (AvgIpc) is 2.18. The fourth-order valence-electron chi connectivity index (χ4n) is 1.22. The van der Waals surface area contributed by atoms with Gasteiger partial charge in [0.15, 0.2) is 0 Å². The van der Waals surface area contributed by atoms with Crippen molar-refractivity contribution in [3.63, 3.8) is 0 Å². The van der Waals surface area contributed by atoms with Gasteiger partial charge in [0.1, 0.15) is 0 Å². The van der Waals surface area contributed by atoms with E-state index < -0.39 is 0 Å². The summed E-state index contributed by atoms with van der Waals surface area (Å²) < 4.78 is 0.907. The molecule has 1 amide bonds. The highest BCUT2D eigenvalue weighted by molar-refractivity contribution is 9.10. The van der Waals surface area contributed by atoms with E-state index in [0.717, 1.165) is 15.0 Å². The number of rotatable bonds is 3. The zero-order valence-electron chi connectivity index (χ0n) is 8.48. The number of amides is 1. The van der Waals surface area contributed by atoms with Crippen LogP contribution < -0.4 is 11.6 Å². The predicted octanol–water partition coefficient (Wildman–Crippen LogP) is 1.17. The van der Waals surface area contributed by atoms with Gasteiger partial charge in [0.2, 0.25) is 5.91 Å². The Labute approximate surface area is 97.3 Å². The first-order chi connectivity index (χ1) is 7.02. The standard InChI is InChI=1S/C10H14BrN3O/c1-14(13)10(15)6-9(12)7-4-2-3-5-8(7)11/h2-5,9H,6,12-13H2,1H3. The Morgan fingerprint density at radius 3 is 2.67 bits per heavy atom. The summed E-state index contributed by atoms with van der Waals surface area (Å²) in [7, 11) is 1.51. The summed E-state index contributed by atoms with van der Waals surface area (Å²) in [4.78, 5) is 11.3. The molecule has 0 aliphatic carbocycles. The van der Waals surface area contributed by atoms with Crippen LogP contribution in [0.2, 0.25) is 0 Å². The molecule has 15 heavy (non-hydrogen) atoms. The van der Waals surface area contributed by atoms with Crippen LogP contribution in [-0.4, -0.2) is 18.0 Å². The molecule has 1 unspecified atom stereocenters. The maximum absolute atomic E-state index is 11.3. The van der Waals surface area contributed by atoms with Gasteiger partial charge in [-0.15, -0.1) is 0 Å². The summed E-state index contributed by atoms with van der Waals surface area (Å²) in [5.41, 5.74) is 6.81. The summed E-state index contributed by atoms with van der Waals surface area (Å²) in [6.07, 6.45) is 0.204. The lowest BCUT2D eigenvalue weighted by molar-refractivity contribution is -0.130. The first-order valence-electron chi connectivity index (χ1n) is 4.53. The van der Waals surface area contributed by atoms with Crippen LogP contribution in [0.25, 0.3) is 0 Å². The minimum Gasteiger partial charge on any atom is -0.323 e. The van der Waals surface area contributed by atoms with Gasteiger partial charge in [-0.05, 0) is 11.6 Å². The van der Waals surface area contributed by atoms with Crippen LogP contribution in [0.5, 0.6) is 0 Å². The normalized spacial score (nSPS) is 12.3. The van der Waals surface area contributed by atoms with Gasteiger partial charge in [-0.2, -0.15) is 0 Å². The molecule has 5 heteroatoms. The second-order valence-electron chi connectivity index (χ2n) is 3.34. The van der Waals surface area contributed by atoms with Crippen LogP contribution in [0.4, 0.5) is 0 Å². The van der Waals surface area contributed by atoms with E-state index in [2.05, 4.69) is 15.9 Å². The van der Waals surface area contributed by atoms with E-state index in [4.69, 9.17) is 11.6 Å². The number of carbonyl (C=O) groups is 1. The number of benzene rings is 1. The van der Waals surface area contributed by atoms with Gasteiger partial charge in [-0.1, -0.05) is 34.1 Å². The van der Waals surface area contributed by atoms with E-state index in [1.165, 1.54) is 7.05 Å². The smallest absolute Gasteiger partial charge is 0.238 e. The average molecular weight is 272 g/mol. The van der Waals surface area contributed by atoms with Crippen molar-refractivity contribution >= 4 is 21.8 Å². The number of hydrogen-bond acceptors (Lipinski definition) is 3. The Kier molecular flexibility index (Phi) is 4.26. The van der Waals surface area contributed by atoms with Crippen molar-refractivity contribution in [1.82, 2.24) is 5.01 Å². The largest absolute Gasteiger partial charge is 0.323 e. The highest BCUT2D eigenvalue weighted by Crippen LogP contribution is 2.23. The van der Waals surface area contributed by atoms with Crippen molar-refractivity contribution in [2.45, 2.75) is 12.5 Å². The molecule has 0 heterocycles. The monoisotopic (exact) mass is 271 g/mol. The van der Waals surface area contributed by atoms with Crippen molar-refractivity contribution in [2.24, 2.45) is 11.6 Å². The lowest BCUT2D eigenvalue weighted by Crippen LogP contribution is -2.35. The molecule has 0 bridgehead atoms.